The Labute approximate surface area is 174 Å². The second-order valence-corrected chi connectivity index (χ2v) is 9.16. The predicted molar refractivity (Wildman–Crippen MR) is 117 cm³/mol. The van der Waals surface area contributed by atoms with Crippen molar-refractivity contribution < 1.29 is 14.4 Å². The molecule has 0 aliphatic carbocycles. The molecule has 0 N–H and O–H groups in total. The number of hydrogen-bond donors (Lipinski definition) is 0. The van der Waals surface area contributed by atoms with Crippen molar-refractivity contribution in [1.82, 2.24) is 0 Å². The van der Waals surface area contributed by atoms with Crippen LogP contribution in [0.1, 0.15) is 81.8 Å². The summed E-state index contributed by atoms with van der Waals surface area (Å²) in [6.07, 6.45) is 1.14. The first-order chi connectivity index (χ1) is 13.5. The standard InChI is InChI=1S/C26H32O3/c1-18(16-26(6,20(3)28)17-25(4,5)19(2)27)22-13-10-14-23(15-22)24(29)21-11-8-7-9-12-21/h7-15,18H,16-17H2,1-6H3. The van der Waals surface area contributed by atoms with Gasteiger partial charge in [-0.3, -0.25) is 14.4 Å². The zero-order valence-corrected chi connectivity index (χ0v) is 18.4. The van der Waals surface area contributed by atoms with Crippen molar-refractivity contribution in [3.8, 4) is 0 Å². The van der Waals surface area contributed by atoms with Crippen LogP contribution in [0.2, 0.25) is 0 Å². The van der Waals surface area contributed by atoms with E-state index >= 15 is 0 Å². The molecule has 2 rings (SSSR count). The van der Waals surface area contributed by atoms with Crippen LogP contribution in [-0.4, -0.2) is 17.3 Å². The number of carbonyl (C=O) groups excluding carboxylic acids is 3. The van der Waals surface area contributed by atoms with Crippen molar-refractivity contribution in [1.29, 1.82) is 0 Å². The molecule has 0 bridgehead atoms. The molecule has 2 aromatic carbocycles. The first-order valence-electron chi connectivity index (χ1n) is 10.2. The minimum atomic E-state index is -0.603. The molecule has 154 valence electrons. The van der Waals surface area contributed by atoms with Gasteiger partial charge in [-0.05, 0) is 44.2 Å². The third-order valence-electron chi connectivity index (χ3n) is 6.15. The lowest BCUT2D eigenvalue weighted by Gasteiger charge is -2.36. The molecule has 0 saturated carbocycles. The van der Waals surface area contributed by atoms with Crippen molar-refractivity contribution in [2.45, 2.75) is 60.3 Å². The van der Waals surface area contributed by atoms with Gasteiger partial charge in [0.1, 0.15) is 11.6 Å². The summed E-state index contributed by atoms with van der Waals surface area (Å²) in [5.74, 6) is 0.255. The summed E-state index contributed by atoms with van der Waals surface area (Å²) in [4.78, 5) is 37.3. The van der Waals surface area contributed by atoms with Crippen LogP contribution >= 0.6 is 0 Å². The van der Waals surface area contributed by atoms with Gasteiger partial charge in [0, 0.05) is 22.0 Å². The predicted octanol–water partition coefficient (Wildman–Crippen LogP) is 6.01. The molecule has 2 atom stereocenters. The molecule has 29 heavy (non-hydrogen) atoms. The average Bonchev–Trinajstić information content (AvgIpc) is 2.67. The molecule has 2 aromatic rings. The van der Waals surface area contributed by atoms with Crippen molar-refractivity contribution >= 4 is 17.3 Å². The number of carbonyl (C=O) groups is 3. The Morgan fingerprint density at radius 2 is 1.41 bits per heavy atom. The third-order valence-corrected chi connectivity index (χ3v) is 6.15. The van der Waals surface area contributed by atoms with E-state index in [-0.39, 0.29) is 23.3 Å². The minimum Gasteiger partial charge on any atom is -0.299 e. The maximum atomic E-state index is 12.8. The molecule has 0 heterocycles. The molecular weight excluding hydrogens is 360 g/mol. The van der Waals surface area contributed by atoms with Gasteiger partial charge < -0.3 is 0 Å². The van der Waals surface area contributed by atoms with Gasteiger partial charge in [0.2, 0.25) is 0 Å². The zero-order valence-electron chi connectivity index (χ0n) is 18.4. The maximum absolute atomic E-state index is 12.8. The Hall–Kier alpha value is -2.55. The summed E-state index contributed by atoms with van der Waals surface area (Å²) in [5.41, 5.74) is 1.18. The highest BCUT2D eigenvalue weighted by molar-refractivity contribution is 6.09. The third kappa shape index (κ3) is 5.50. The highest BCUT2D eigenvalue weighted by Gasteiger charge is 2.39. The molecule has 3 nitrogen and oxygen atoms in total. The van der Waals surface area contributed by atoms with Gasteiger partial charge in [-0.1, -0.05) is 76.2 Å². The lowest BCUT2D eigenvalue weighted by atomic mass is 9.66. The Bertz CT molecular complexity index is 895. The summed E-state index contributed by atoms with van der Waals surface area (Å²) < 4.78 is 0. The fourth-order valence-corrected chi connectivity index (χ4v) is 3.98. The van der Waals surface area contributed by atoms with Gasteiger partial charge in [-0.25, -0.2) is 0 Å². The Morgan fingerprint density at radius 1 is 0.828 bits per heavy atom. The zero-order chi connectivity index (χ0) is 21.8. The Morgan fingerprint density at radius 3 is 1.97 bits per heavy atom. The van der Waals surface area contributed by atoms with Crippen LogP contribution in [0.3, 0.4) is 0 Å². The molecule has 0 aliphatic heterocycles. The first-order valence-corrected chi connectivity index (χ1v) is 10.2. The molecule has 2 unspecified atom stereocenters. The lowest BCUT2D eigenvalue weighted by molar-refractivity contribution is -0.132. The SMILES string of the molecule is CC(=O)C(C)(C)CC(C)(CC(C)c1cccc(C(=O)c2ccccc2)c1)C(C)=O. The molecule has 0 fully saturated rings. The van der Waals surface area contributed by atoms with Crippen LogP contribution in [0, 0.1) is 10.8 Å². The quantitative estimate of drug-likeness (QED) is 0.491. The second-order valence-electron chi connectivity index (χ2n) is 9.16. The maximum Gasteiger partial charge on any atom is 0.193 e. The largest absolute Gasteiger partial charge is 0.299 e. The van der Waals surface area contributed by atoms with Crippen LogP contribution in [0.25, 0.3) is 0 Å². The van der Waals surface area contributed by atoms with Gasteiger partial charge in [-0.2, -0.15) is 0 Å². The fraction of sp³-hybridized carbons (Fsp3) is 0.423. The highest BCUT2D eigenvalue weighted by Crippen LogP contribution is 2.42. The van der Waals surface area contributed by atoms with Crippen LogP contribution in [0.4, 0.5) is 0 Å². The Balaban J connectivity index is 2.27. The van der Waals surface area contributed by atoms with Crippen LogP contribution in [0.5, 0.6) is 0 Å². The van der Waals surface area contributed by atoms with Gasteiger partial charge in [0.25, 0.3) is 0 Å². The minimum absolute atomic E-state index is 0.00769. The van der Waals surface area contributed by atoms with E-state index in [1.54, 1.807) is 13.8 Å². The lowest BCUT2D eigenvalue weighted by Crippen LogP contribution is -2.36. The summed E-state index contributed by atoms with van der Waals surface area (Å²) in [5, 5.41) is 0. The molecule has 0 saturated heterocycles. The van der Waals surface area contributed by atoms with E-state index in [9.17, 15) is 14.4 Å². The average molecular weight is 393 g/mol. The number of hydrogen-bond acceptors (Lipinski definition) is 3. The molecule has 0 radical (unpaired) electrons. The summed E-state index contributed by atoms with van der Waals surface area (Å²) in [7, 11) is 0. The normalized spacial score (nSPS) is 14.7. The fourth-order valence-electron chi connectivity index (χ4n) is 3.98. The van der Waals surface area contributed by atoms with E-state index in [1.165, 1.54) is 0 Å². The van der Waals surface area contributed by atoms with E-state index in [4.69, 9.17) is 0 Å². The van der Waals surface area contributed by atoms with Crippen molar-refractivity contribution in [3.63, 3.8) is 0 Å². The summed E-state index contributed by atoms with van der Waals surface area (Å²) in [6.45, 7) is 11.0. The van der Waals surface area contributed by atoms with E-state index in [0.717, 1.165) is 5.56 Å². The van der Waals surface area contributed by atoms with E-state index in [2.05, 4.69) is 6.92 Å². The van der Waals surface area contributed by atoms with Crippen molar-refractivity contribution in [2.24, 2.45) is 10.8 Å². The van der Waals surface area contributed by atoms with E-state index < -0.39 is 10.8 Å². The number of benzene rings is 2. The van der Waals surface area contributed by atoms with Gasteiger partial charge in [0.15, 0.2) is 5.78 Å². The number of ketones is 3. The summed E-state index contributed by atoms with van der Waals surface area (Å²) >= 11 is 0. The molecule has 0 aromatic heterocycles. The van der Waals surface area contributed by atoms with Crippen molar-refractivity contribution in [2.75, 3.05) is 0 Å². The first kappa shape index (κ1) is 22.7. The van der Waals surface area contributed by atoms with Gasteiger partial charge in [0.05, 0.1) is 0 Å². The monoisotopic (exact) mass is 392 g/mol. The molecule has 3 heteroatoms. The Kier molecular flexibility index (Phi) is 6.94. The summed E-state index contributed by atoms with van der Waals surface area (Å²) in [6, 6.07) is 16.9. The van der Waals surface area contributed by atoms with Crippen molar-refractivity contribution in [3.05, 3.63) is 71.3 Å². The molecule has 0 spiro atoms. The topological polar surface area (TPSA) is 51.2 Å². The van der Waals surface area contributed by atoms with Crippen LogP contribution < -0.4 is 0 Å². The van der Waals surface area contributed by atoms with Gasteiger partial charge >= 0.3 is 0 Å². The number of Topliss-reactive ketones (excluding diaryl/α,β-unsaturated/α-hetero) is 2. The second kappa shape index (κ2) is 8.86. The van der Waals surface area contributed by atoms with Crippen LogP contribution in [-0.2, 0) is 9.59 Å². The van der Waals surface area contributed by atoms with Gasteiger partial charge in [-0.15, -0.1) is 0 Å². The molecule has 0 amide bonds. The van der Waals surface area contributed by atoms with E-state index in [0.29, 0.717) is 24.0 Å². The smallest absolute Gasteiger partial charge is 0.193 e. The molecular formula is C26H32O3. The highest BCUT2D eigenvalue weighted by atomic mass is 16.1. The van der Waals surface area contributed by atoms with Crippen LogP contribution in [0.15, 0.2) is 54.6 Å². The molecule has 0 aliphatic rings. The van der Waals surface area contributed by atoms with E-state index in [1.807, 2.05) is 75.4 Å². The number of rotatable bonds is 9.